The van der Waals surface area contributed by atoms with Gasteiger partial charge in [0.2, 0.25) is 19.5 Å². The van der Waals surface area contributed by atoms with E-state index in [9.17, 15) is 10.2 Å². The summed E-state index contributed by atoms with van der Waals surface area (Å²) >= 11 is 0. The van der Waals surface area contributed by atoms with Crippen molar-refractivity contribution in [3.63, 3.8) is 0 Å². The van der Waals surface area contributed by atoms with Gasteiger partial charge in [-0.15, -0.1) is 0 Å². The molecule has 87 heavy (non-hydrogen) atoms. The molecule has 4 aliphatic heterocycles. The second-order valence-corrected chi connectivity index (χ2v) is 50.7. The number of benzene rings is 8. The lowest BCUT2D eigenvalue weighted by atomic mass is 10.2. The third kappa shape index (κ3) is 13.9. The standard InChI is InChI=1S/C60H70O16Si11/c1-77-64-82(55-36-17-7-18-37-55)68-80(52-53-32-13-5-14-33-53)67-81(63-50-30-29-48-61,54-34-15-6-16-35-54)70-86(71-82,59-44-25-11-26-45-59)76-87(60-46-27-12-28-47-60)73-83(65-78-2,56-38-19-8-20-39-56)72-85(69-80,58-42-23-10-24-43-58)74-84(75-87,57-40-21-9-22-41-57)66-79(3,4)51-31-49-62/h5-28,32-47,61-62H,29-31,48-52H2,1-4H3. The molecule has 12 rings (SSSR count). The summed E-state index contributed by atoms with van der Waals surface area (Å²) in [7, 11) is -43.8. The van der Waals surface area contributed by atoms with E-state index in [4.69, 9.17) is 57.9 Å². The molecular formula is C60H70O16Si11. The van der Waals surface area contributed by atoms with E-state index < -0.39 is 78.8 Å². The van der Waals surface area contributed by atoms with Crippen LogP contribution in [0.3, 0.4) is 0 Å². The molecule has 0 aromatic heterocycles. The minimum absolute atomic E-state index is 0.0497. The molecule has 0 amide bonds. The summed E-state index contributed by atoms with van der Waals surface area (Å²) in [6.45, 7) is 7.92. The van der Waals surface area contributed by atoms with Gasteiger partial charge in [0.05, 0.1) is 0 Å². The topological polar surface area (TPSA) is 170 Å². The Labute approximate surface area is 524 Å². The monoisotopic (exact) mass is 1350 g/mol. The molecule has 2 N–H and O–H groups in total. The first-order chi connectivity index (χ1) is 42.3. The fraction of sp³-hybridized carbons (Fsp3) is 0.200. The van der Waals surface area contributed by atoms with Crippen LogP contribution in [0.25, 0.3) is 0 Å². The SMILES string of the molecule is C[Si]O[Si]1(c2ccccc2)O[Si]2(Cc3ccccc3)O[Si](OCCCCO)(c3ccccc3)O[Si](c3ccccc3)(O1)O[Si]1(c3ccccc3)O[Si](O[Si]C)(c3ccccc3)O[Si](c3ccccc3)(O2)O[Si](O[Si](C)(C)CCCO)(c2ccccc2)O1. The van der Waals surface area contributed by atoms with Crippen LogP contribution < -0.4 is 36.3 Å². The Morgan fingerprint density at radius 2 is 0.678 bits per heavy atom. The molecule has 0 spiro atoms. The molecule has 4 saturated heterocycles. The lowest BCUT2D eigenvalue weighted by Crippen LogP contribution is -2.89. The zero-order valence-electron chi connectivity index (χ0n) is 48.9. The van der Waals surface area contributed by atoms with Gasteiger partial charge >= 0.3 is 70.4 Å². The van der Waals surface area contributed by atoms with E-state index in [1.165, 1.54) is 0 Å². The number of rotatable bonds is 23. The molecule has 27 heteroatoms. The highest BCUT2D eigenvalue weighted by Gasteiger charge is 2.80. The number of fused-ring (bicyclic) bond motifs is 4. The Balaban J connectivity index is 1.40. The fourth-order valence-electron chi connectivity index (χ4n) is 10.7. The van der Waals surface area contributed by atoms with Crippen molar-refractivity contribution in [1.82, 2.24) is 0 Å². The van der Waals surface area contributed by atoms with Crippen LogP contribution in [-0.4, -0.2) is 128 Å². The van der Waals surface area contributed by atoms with Gasteiger partial charge in [-0.05, 0) is 57.1 Å². The Kier molecular flexibility index (Phi) is 20.6. The van der Waals surface area contributed by atoms with Gasteiger partial charge in [-0.3, -0.25) is 0 Å². The van der Waals surface area contributed by atoms with Crippen LogP contribution in [0.15, 0.2) is 243 Å². The Hall–Kier alpha value is -4.49. The molecule has 4 aliphatic rings. The summed E-state index contributed by atoms with van der Waals surface area (Å²) in [4.78, 5) is 0. The van der Waals surface area contributed by atoms with E-state index in [1.54, 1.807) is 0 Å². The van der Waals surface area contributed by atoms with Gasteiger partial charge in [0.15, 0.2) is 8.32 Å². The Morgan fingerprint density at radius 1 is 0.356 bits per heavy atom. The van der Waals surface area contributed by atoms with Crippen molar-refractivity contribution in [3.8, 4) is 0 Å². The molecule has 16 nitrogen and oxygen atoms in total. The van der Waals surface area contributed by atoms with Crippen LogP contribution in [0.5, 0.6) is 0 Å². The Morgan fingerprint density at radius 3 is 1.08 bits per heavy atom. The molecule has 4 radical (unpaired) electrons. The van der Waals surface area contributed by atoms with Gasteiger partial charge in [-0.1, -0.05) is 243 Å². The lowest BCUT2D eigenvalue weighted by Gasteiger charge is -2.57. The van der Waals surface area contributed by atoms with Crippen molar-refractivity contribution >= 4 is 135 Å². The summed E-state index contributed by atoms with van der Waals surface area (Å²) < 4.78 is 115. The third-order valence-electron chi connectivity index (χ3n) is 14.6. The highest BCUT2D eigenvalue weighted by Crippen LogP contribution is 2.44. The van der Waals surface area contributed by atoms with Crippen LogP contribution in [0.4, 0.5) is 0 Å². The average molecular weight is 1360 g/mol. The van der Waals surface area contributed by atoms with E-state index >= 15 is 0 Å². The van der Waals surface area contributed by atoms with E-state index in [-0.39, 0.29) is 45.4 Å². The summed E-state index contributed by atoms with van der Waals surface area (Å²) in [5.41, 5.74) is 0.759. The van der Waals surface area contributed by atoms with Gasteiger partial charge in [0, 0.05) is 62.2 Å². The summed E-state index contributed by atoms with van der Waals surface area (Å²) in [6, 6.07) is 77.4. The van der Waals surface area contributed by atoms with Gasteiger partial charge in [0.25, 0.3) is 0 Å². The first-order valence-electron chi connectivity index (χ1n) is 29.0. The highest BCUT2D eigenvalue weighted by molar-refractivity contribution is 7.09. The lowest BCUT2D eigenvalue weighted by molar-refractivity contribution is 0.0344. The average Bonchev–Trinajstić information content (AvgIpc) is 0.725. The number of aliphatic hydroxyl groups is 2. The predicted octanol–water partition coefficient (Wildman–Crippen LogP) is 5.60. The van der Waals surface area contributed by atoms with Gasteiger partial charge in [0.1, 0.15) is 0 Å². The van der Waals surface area contributed by atoms with Crippen molar-refractivity contribution in [2.24, 2.45) is 0 Å². The van der Waals surface area contributed by atoms with Crippen molar-refractivity contribution < 1.29 is 68.1 Å². The summed E-state index contributed by atoms with van der Waals surface area (Å²) in [6.07, 6.45) is 1.26. The normalized spacial score (nSPS) is 28.4. The van der Waals surface area contributed by atoms with E-state index in [0.717, 1.165) is 5.56 Å². The minimum atomic E-state index is -5.27. The molecule has 0 saturated carbocycles. The van der Waals surface area contributed by atoms with Gasteiger partial charge in [-0.25, -0.2) is 0 Å². The third-order valence-corrected chi connectivity index (χ3v) is 53.9. The summed E-state index contributed by atoms with van der Waals surface area (Å²) in [5.74, 6) is 0. The first-order valence-corrected chi connectivity index (χ1v) is 49.0. The molecule has 4 heterocycles. The number of hydrogen-bond acceptors (Lipinski definition) is 16. The van der Waals surface area contributed by atoms with Crippen molar-refractivity contribution in [2.75, 3.05) is 19.8 Å². The largest absolute Gasteiger partial charge is 0.522 e. The number of hydrogen-bond donors (Lipinski definition) is 2. The van der Waals surface area contributed by atoms with Crippen molar-refractivity contribution in [1.29, 1.82) is 0 Å². The minimum Gasteiger partial charge on any atom is -0.413 e. The molecule has 0 aliphatic carbocycles. The van der Waals surface area contributed by atoms with Crippen LogP contribution in [0.2, 0.25) is 32.2 Å². The Bertz CT molecular complexity index is 3440. The van der Waals surface area contributed by atoms with Crippen LogP contribution in [-0.2, 0) is 64.0 Å². The molecule has 8 aromatic carbocycles. The smallest absolute Gasteiger partial charge is 0.413 e. The van der Waals surface area contributed by atoms with E-state index in [1.807, 2.05) is 256 Å². The fourth-order valence-corrected chi connectivity index (χ4v) is 60.2. The van der Waals surface area contributed by atoms with Crippen molar-refractivity contribution in [2.45, 2.75) is 57.5 Å². The predicted molar refractivity (Wildman–Crippen MR) is 352 cm³/mol. The van der Waals surface area contributed by atoms with Gasteiger partial charge in [-0.2, -0.15) is 0 Å². The molecule has 4 bridgehead atoms. The van der Waals surface area contributed by atoms with Crippen LogP contribution in [0, 0.1) is 0 Å². The van der Waals surface area contributed by atoms with Gasteiger partial charge < -0.3 is 68.1 Å². The van der Waals surface area contributed by atoms with Crippen LogP contribution >= 0.6 is 0 Å². The summed E-state index contributed by atoms with van der Waals surface area (Å²) in [5, 5.41) is 24.5. The number of aliphatic hydroxyl groups excluding tert-OH is 2. The van der Waals surface area contributed by atoms with Crippen molar-refractivity contribution in [3.05, 3.63) is 248 Å². The van der Waals surface area contributed by atoms with Crippen LogP contribution in [0.1, 0.15) is 24.8 Å². The second-order valence-electron chi connectivity index (χ2n) is 21.4. The quantitative estimate of drug-likeness (QED) is 0.0600. The highest BCUT2D eigenvalue weighted by atomic mass is 28.6. The second kappa shape index (κ2) is 27.9. The molecule has 8 atom stereocenters. The molecular weight excluding hydrogens is 1290 g/mol. The molecule has 4 fully saturated rings. The number of unbranched alkanes of at least 4 members (excludes halogenated alkanes) is 1. The van der Waals surface area contributed by atoms with E-state index in [0.29, 0.717) is 61.6 Å². The molecule has 8 aromatic rings. The first kappa shape index (κ1) is 64.1. The zero-order valence-corrected chi connectivity index (χ0v) is 59.9. The maximum Gasteiger partial charge on any atom is 0.522 e. The molecule has 8 unspecified atom stereocenters. The maximum absolute atomic E-state index is 10.6. The molecule has 450 valence electrons. The zero-order chi connectivity index (χ0) is 60.4. The van der Waals surface area contributed by atoms with E-state index in [2.05, 4.69) is 13.1 Å². The maximum atomic E-state index is 10.6.